The Morgan fingerprint density at radius 3 is 2.79 bits per heavy atom. The number of hydrogen-bond donors (Lipinski definition) is 1. The van der Waals surface area contributed by atoms with Crippen molar-refractivity contribution in [3.8, 4) is 0 Å². The number of nitrogens with zero attached hydrogens (tertiary/aromatic N) is 2. The molecule has 0 fully saturated rings. The Labute approximate surface area is 83.2 Å². The average Bonchev–Trinajstić information content (AvgIpc) is 2.26. The quantitative estimate of drug-likeness (QED) is 0.795. The Hall–Kier alpha value is -1.48. The summed E-state index contributed by atoms with van der Waals surface area (Å²) in [6.45, 7) is 3.82. The summed E-state index contributed by atoms with van der Waals surface area (Å²) < 4.78 is 0. The number of aromatic nitrogens is 2. The van der Waals surface area contributed by atoms with Crippen LogP contribution in [0.1, 0.15) is 12.6 Å². The van der Waals surface area contributed by atoms with E-state index in [0.29, 0.717) is 0 Å². The van der Waals surface area contributed by atoms with Gasteiger partial charge >= 0.3 is 0 Å². The van der Waals surface area contributed by atoms with Gasteiger partial charge in [0.15, 0.2) is 0 Å². The second-order valence-corrected chi connectivity index (χ2v) is 3.13. The van der Waals surface area contributed by atoms with Crippen LogP contribution in [0.4, 0.5) is 0 Å². The van der Waals surface area contributed by atoms with Crippen LogP contribution in [0.5, 0.6) is 0 Å². The lowest BCUT2D eigenvalue weighted by Crippen LogP contribution is -2.13. The molecule has 0 aliphatic carbocycles. The first-order chi connectivity index (χ1) is 6.90. The molecule has 3 heteroatoms. The molecule has 0 saturated carbocycles. The van der Waals surface area contributed by atoms with Crippen molar-refractivity contribution in [3.05, 3.63) is 36.2 Å². The minimum atomic E-state index is 0.786. The van der Waals surface area contributed by atoms with E-state index in [2.05, 4.69) is 22.2 Å². The molecule has 1 aromatic heterocycles. The molecule has 0 bridgehead atoms. The number of para-hydroxylation sites is 2. The van der Waals surface area contributed by atoms with Gasteiger partial charge in [-0.15, -0.1) is 0 Å². The highest BCUT2D eigenvalue weighted by molar-refractivity contribution is 5.73. The largest absolute Gasteiger partial charge is 0.311 e. The first-order valence-electron chi connectivity index (χ1n) is 4.81. The number of hydrogen-bond acceptors (Lipinski definition) is 3. The van der Waals surface area contributed by atoms with Gasteiger partial charge in [-0.3, -0.25) is 4.98 Å². The van der Waals surface area contributed by atoms with E-state index in [0.717, 1.165) is 29.8 Å². The van der Waals surface area contributed by atoms with Crippen LogP contribution in [0.3, 0.4) is 0 Å². The van der Waals surface area contributed by atoms with E-state index in [-0.39, 0.29) is 0 Å². The minimum Gasteiger partial charge on any atom is -0.311 e. The van der Waals surface area contributed by atoms with Gasteiger partial charge in [-0.2, -0.15) is 0 Å². The Bertz CT molecular complexity index is 426. The number of nitrogens with one attached hydrogen (secondary N) is 1. The summed E-state index contributed by atoms with van der Waals surface area (Å²) in [5.74, 6) is 0. The molecule has 0 aliphatic heterocycles. The Balaban J connectivity index is 2.32. The van der Waals surface area contributed by atoms with E-state index < -0.39 is 0 Å². The zero-order chi connectivity index (χ0) is 9.80. The molecule has 0 atom stereocenters. The third-order valence-corrected chi connectivity index (χ3v) is 2.05. The van der Waals surface area contributed by atoms with Crippen LogP contribution in [0.25, 0.3) is 11.0 Å². The van der Waals surface area contributed by atoms with E-state index in [1.165, 1.54) is 0 Å². The second kappa shape index (κ2) is 4.15. The molecule has 0 spiro atoms. The van der Waals surface area contributed by atoms with Crippen LogP contribution < -0.4 is 5.32 Å². The van der Waals surface area contributed by atoms with Gasteiger partial charge in [0.2, 0.25) is 0 Å². The fourth-order valence-corrected chi connectivity index (χ4v) is 1.33. The Morgan fingerprint density at radius 1 is 1.21 bits per heavy atom. The van der Waals surface area contributed by atoms with Gasteiger partial charge in [0, 0.05) is 6.54 Å². The lowest BCUT2D eigenvalue weighted by Gasteiger charge is -2.02. The molecule has 0 radical (unpaired) electrons. The second-order valence-electron chi connectivity index (χ2n) is 3.13. The maximum Gasteiger partial charge on any atom is 0.0890 e. The zero-order valence-electron chi connectivity index (χ0n) is 8.20. The number of benzene rings is 1. The van der Waals surface area contributed by atoms with Crippen LogP contribution >= 0.6 is 0 Å². The summed E-state index contributed by atoms with van der Waals surface area (Å²) in [4.78, 5) is 8.82. The molecular weight excluding hydrogens is 174 g/mol. The molecule has 14 heavy (non-hydrogen) atoms. The van der Waals surface area contributed by atoms with Crippen molar-refractivity contribution < 1.29 is 0 Å². The lowest BCUT2D eigenvalue weighted by atomic mass is 10.3. The molecule has 2 aromatic rings. The van der Waals surface area contributed by atoms with Crippen LogP contribution in [-0.2, 0) is 6.54 Å². The minimum absolute atomic E-state index is 0.786. The lowest BCUT2D eigenvalue weighted by molar-refractivity contribution is 0.710. The van der Waals surface area contributed by atoms with Crippen LogP contribution in [0, 0.1) is 0 Å². The van der Waals surface area contributed by atoms with Crippen molar-refractivity contribution in [1.29, 1.82) is 0 Å². The summed E-state index contributed by atoms with van der Waals surface area (Å²) in [5.41, 5.74) is 2.90. The van der Waals surface area contributed by atoms with E-state index in [4.69, 9.17) is 0 Å². The summed E-state index contributed by atoms with van der Waals surface area (Å²) in [6, 6.07) is 7.91. The summed E-state index contributed by atoms with van der Waals surface area (Å²) >= 11 is 0. The Morgan fingerprint density at radius 2 is 2.00 bits per heavy atom. The molecule has 1 heterocycles. The molecule has 1 N–H and O–H groups in total. The van der Waals surface area contributed by atoms with Gasteiger partial charge in [0.25, 0.3) is 0 Å². The fraction of sp³-hybridized carbons (Fsp3) is 0.273. The van der Waals surface area contributed by atoms with E-state index in [1.807, 2.05) is 30.5 Å². The number of fused-ring (bicyclic) bond motifs is 1. The normalized spacial score (nSPS) is 10.6. The average molecular weight is 187 g/mol. The van der Waals surface area contributed by atoms with Crippen molar-refractivity contribution >= 4 is 11.0 Å². The Kier molecular flexibility index (Phi) is 2.70. The summed E-state index contributed by atoms with van der Waals surface area (Å²) in [6.07, 6.45) is 1.82. The van der Waals surface area contributed by atoms with E-state index in [9.17, 15) is 0 Å². The van der Waals surface area contributed by atoms with E-state index in [1.54, 1.807) is 0 Å². The van der Waals surface area contributed by atoms with Gasteiger partial charge in [-0.05, 0) is 18.7 Å². The first kappa shape index (κ1) is 9.09. The maximum absolute atomic E-state index is 4.49. The van der Waals surface area contributed by atoms with Gasteiger partial charge in [-0.25, -0.2) is 4.98 Å². The molecule has 0 unspecified atom stereocenters. The summed E-state index contributed by atoms with van der Waals surface area (Å²) in [7, 11) is 0. The van der Waals surface area contributed by atoms with Gasteiger partial charge in [-0.1, -0.05) is 19.1 Å². The summed E-state index contributed by atoms with van der Waals surface area (Å²) in [5, 5.41) is 3.23. The zero-order valence-corrected chi connectivity index (χ0v) is 8.20. The highest BCUT2D eigenvalue weighted by Gasteiger charge is 1.97. The topological polar surface area (TPSA) is 37.8 Å². The van der Waals surface area contributed by atoms with Crippen LogP contribution in [0.15, 0.2) is 30.5 Å². The van der Waals surface area contributed by atoms with Crippen LogP contribution in [0.2, 0.25) is 0 Å². The third kappa shape index (κ3) is 1.88. The smallest absolute Gasteiger partial charge is 0.0890 e. The molecule has 0 aliphatic rings. The van der Waals surface area contributed by atoms with Crippen molar-refractivity contribution in [2.75, 3.05) is 6.54 Å². The number of rotatable bonds is 3. The molecular formula is C11H13N3. The molecule has 2 rings (SSSR count). The van der Waals surface area contributed by atoms with Crippen molar-refractivity contribution in [2.45, 2.75) is 13.5 Å². The van der Waals surface area contributed by atoms with Crippen molar-refractivity contribution in [2.24, 2.45) is 0 Å². The highest BCUT2D eigenvalue weighted by atomic mass is 14.9. The molecule has 1 aromatic carbocycles. The van der Waals surface area contributed by atoms with Gasteiger partial charge < -0.3 is 5.32 Å². The van der Waals surface area contributed by atoms with E-state index >= 15 is 0 Å². The van der Waals surface area contributed by atoms with Crippen LogP contribution in [-0.4, -0.2) is 16.5 Å². The monoisotopic (exact) mass is 187 g/mol. The third-order valence-electron chi connectivity index (χ3n) is 2.05. The molecule has 3 nitrogen and oxygen atoms in total. The van der Waals surface area contributed by atoms with Gasteiger partial charge in [0.1, 0.15) is 0 Å². The SMILES string of the molecule is CCNCc1cnc2ccccc2n1. The van der Waals surface area contributed by atoms with Crippen molar-refractivity contribution in [1.82, 2.24) is 15.3 Å². The first-order valence-corrected chi connectivity index (χ1v) is 4.81. The van der Waals surface area contributed by atoms with Gasteiger partial charge in [0.05, 0.1) is 22.9 Å². The molecule has 0 amide bonds. The van der Waals surface area contributed by atoms with Crippen molar-refractivity contribution in [3.63, 3.8) is 0 Å². The molecule has 0 saturated heterocycles. The fourth-order valence-electron chi connectivity index (χ4n) is 1.33. The highest BCUT2D eigenvalue weighted by Crippen LogP contribution is 2.07. The predicted molar refractivity (Wildman–Crippen MR) is 56.9 cm³/mol. The predicted octanol–water partition coefficient (Wildman–Crippen LogP) is 1.74. The maximum atomic E-state index is 4.49. The molecule has 72 valence electrons. The standard InChI is InChI=1S/C11H13N3/c1-2-12-7-9-8-13-10-5-3-4-6-11(10)14-9/h3-6,8,12H,2,7H2,1H3.